The molecule has 1 atom stereocenters. The lowest BCUT2D eigenvalue weighted by Gasteiger charge is -2.40. The van der Waals surface area contributed by atoms with Crippen LogP contribution in [0.4, 0.5) is 5.69 Å². The number of amidine groups is 1. The summed E-state index contributed by atoms with van der Waals surface area (Å²) >= 11 is 0. The van der Waals surface area contributed by atoms with Crippen LogP contribution >= 0.6 is 0 Å². The van der Waals surface area contributed by atoms with Crippen LogP contribution < -0.4 is 5.32 Å². The Morgan fingerprint density at radius 2 is 1.91 bits per heavy atom. The van der Waals surface area contributed by atoms with Crippen LogP contribution in [0, 0.1) is 0 Å². The van der Waals surface area contributed by atoms with Gasteiger partial charge < -0.3 is 10.2 Å². The maximum atomic E-state index is 12.6. The number of hydrogen-bond donors (Lipinski definition) is 1. The van der Waals surface area contributed by atoms with Crippen molar-refractivity contribution in [3.63, 3.8) is 0 Å². The molecule has 1 N–H and O–H groups in total. The number of benzene rings is 2. The fourth-order valence-electron chi connectivity index (χ4n) is 4.97. The summed E-state index contributed by atoms with van der Waals surface area (Å²) in [6.07, 6.45) is 9.50. The highest BCUT2D eigenvalue weighted by molar-refractivity contribution is 5.96. The highest BCUT2D eigenvalue weighted by Gasteiger charge is 2.29. The molecule has 4 rings (SSSR count). The Bertz CT molecular complexity index is 931. The van der Waals surface area contributed by atoms with E-state index in [0.717, 1.165) is 38.0 Å². The zero-order chi connectivity index (χ0) is 22.3. The maximum Gasteiger partial charge on any atom is 0.251 e. The minimum absolute atomic E-state index is 0.00497. The lowest BCUT2D eigenvalue weighted by atomic mass is 9.91. The van der Waals surface area contributed by atoms with Gasteiger partial charge in [-0.05, 0) is 48.4 Å². The van der Waals surface area contributed by atoms with Crippen molar-refractivity contribution in [3.8, 4) is 0 Å². The normalized spacial score (nSPS) is 17.4. The third-order valence-corrected chi connectivity index (χ3v) is 6.96. The summed E-state index contributed by atoms with van der Waals surface area (Å²) in [6, 6.07) is 17.4. The molecule has 1 aliphatic heterocycles. The molecule has 1 amide bonds. The van der Waals surface area contributed by atoms with E-state index in [-0.39, 0.29) is 5.91 Å². The molecule has 0 spiro atoms. The third kappa shape index (κ3) is 5.40. The summed E-state index contributed by atoms with van der Waals surface area (Å²) in [4.78, 5) is 20.3. The molecule has 0 bridgehead atoms. The van der Waals surface area contributed by atoms with Crippen LogP contribution in [-0.4, -0.2) is 29.2 Å². The molecule has 1 fully saturated rings. The Labute approximate surface area is 193 Å². The summed E-state index contributed by atoms with van der Waals surface area (Å²) < 4.78 is 0. The number of amides is 1. The molecule has 2 aliphatic rings. The van der Waals surface area contributed by atoms with Crippen LogP contribution in [0.3, 0.4) is 0 Å². The lowest BCUT2D eigenvalue weighted by Crippen LogP contribution is -2.42. The van der Waals surface area contributed by atoms with Gasteiger partial charge in [-0.1, -0.05) is 75.9 Å². The van der Waals surface area contributed by atoms with E-state index in [9.17, 15) is 4.79 Å². The van der Waals surface area contributed by atoms with Gasteiger partial charge in [0.25, 0.3) is 5.91 Å². The number of nitrogens with one attached hydrogen (secondary N) is 1. The van der Waals surface area contributed by atoms with E-state index in [1.807, 2.05) is 12.1 Å². The highest BCUT2D eigenvalue weighted by atomic mass is 16.1. The minimum Gasteiger partial charge on any atom is -0.353 e. The summed E-state index contributed by atoms with van der Waals surface area (Å²) in [7, 11) is 0. The van der Waals surface area contributed by atoms with Gasteiger partial charge in [0.2, 0.25) is 0 Å². The van der Waals surface area contributed by atoms with E-state index in [1.54, 1.807) is 0 Å². The Kier molecular flexibility index (Phi) is 7.62. The number of rotatable bonds is 8. The molecule has 1 aliphatic carbocycles. The zero-order valence-corrected chi connectivity index (χ0v) is 19.6. The lowest BCUT2D eigenvalue weighted by molar-refractivity contribution is 0.0953. The van der Waals surface area contributed by atoms with Crippen molar-refractivity contribution < 1.29 is 4.79 Å². The number of nitrogens with zero attached hydrogens (tertiary/aromatic N) is 2. The maximum absolute atomic E-state index is 12.6. The van der Waals surface area contributed by atoms with Gasteiger partial charge in [-0.2, -0.15) is 0 Å². The predicted molar refractivity (Wildman–Crippen MR) is 133 cm³/mol. The van der Waals surface area contributed by atoms with Crippen molar-refractivity contribution in [2.75, 3.05) is 6.54 Å². The van der Waals surface area contributed by atoms with Crippen molar-refractivity contribution in [1.29, 1.82) is 0 Å². The number of hydrogen-bond acceptors (Lipinski definition) is 3. The van der Waals surface area contributed by atoms with Crippen LogP contribution in [0.25, 0.3) is 0 Å². The molecule has 170 valence electrons. The van der Waals surface area contributed by atoms with Crippen LogP contribution in [0.5, 0.6) is 0 Å². The second-order valence-corrected chi connectivity index (χ2v) is 9.42. The smallest absolute Gasteiger partial charge is 0.251 e. The predicted octanol–water partition coefficient (Wildman–Crippen LogP) is 6.59. The van der Waals surface area contributed by atoms with E-state index in [4.69, 9.17) is 4.99 Å². The topological polar surface area (TPSA) is 44.7 Å². The quantitative estimate of drug-likeness (QED) is 0.479. The molecule has 0 radical (unpaired) electrons. The number of carbonyl (C=O) groups is 1. The van der Waals surface area contributed by atoms with Gasteiger partial charge in [-0.25, -0.2) is 4.99 Å². The zero-order valence-electron chi connectivity index (χ0n) is 19.6. The van der Waals surface area contributed by atoms with Gasteiger partial charge in [0.1, 0.15) is 5.84 Å². The van der Waals surface area contributed by atoms with Crippen molar-refractivity contribution in [1.82, 2.24) is 10.2 Å². The van der Waals surface area contributed by atoms with Crippen LogP contribution in [0.15, 0.2) is 53.5 Å². The van der Waals surface area contributed by atoms with Crippen molar-refractivity contribution in [2.24, 2.45) is 4.99 Å². The Morgan fingerprint density at radius 1 is 1.12 bits per heavy atom. The second kappa shape index (κ2) is 10.8. The second-order valence-electron chi connectivity index (χ2n) is 9.42. The Balaban J connectivity index is 1.59. The van der Waals surface area contributed by atoms with Gasteiger partial charge in [-0.15, -0.1) is 0 Å². The molecular weight excluding hydrogens is 394 g/mol. The first-order valence-corrected chi connectivity index (χ1v) is 12.5. The van der Waals surface area contributed by atoms with Crippen LogP contribution in [0.2, 0.25) is 0 Å². The summed E-state index contributed by atoms with van der Waals surface area (Å²) in [6.45, 7) is 6.06. The van der Waals surface area contributed by atoms with Crippen LogP contribution in [-0.2, 0) is 6.54 Å². The molecule has 32 heavy (non-hydrogen) atoms. The van der Waals surface area contributed by atoms with Gasteiger partial charge in [0.15, 0.2) is 0 Å². The van der Waals surface area contributed by atoms with Gasteiger partial charge in [0, 0.05) is 31.1 Å². The molecule has 1 unspecified atom stereocenters. The fourth-order valence-corrected chi connectivity index (χ4v) is 4.97. The minimum atomic E-state index is 0.00497. The van der Waals surface area contributed by atoms with Crippen molar-refractivity contribution >= 4 is 17.4 Å². The average molecular weight is 432 g/mol. The van der Waals surface area contributed by atoms with Gasteiger partial charge >= 0.3 is 0 Å². The van der Waals surface area contributed by atoms with E-state index in [2.05, 4.69) is 60.5 Å². The molecule has 0 saturated heterocycles. The molecule has 2 aromatic carbocycles. The molecule has 1 heterocycles. The standard InChI is InChI=1S/C28H37N3O/c1-3-4-17-29-28(32)23-15-16-24-20-31(25-13-9-6-10-14-25)27(30-26(24)19-23)18-21(2)22-11-7-5-8-12-22/h5,7-8,11-12,15-16,19,21,25H,3-4,6,9-10,13-14,17-18,20H2,1-2H3,(H,29,32). The van der Waals surface area contributed by atoms with E-state index < -0.39 is 0 Å². The SMILES string of the molecule is CCCCNC(=O)c1ccc2c(c1)N=C(CC(C)c1ccccc1)N(C1CCCCC1)C2. The Morgan fingerprint density at radius 3 is 2.66 bits per heavy atom. The van der Waals surface area contributed by atoms with E-state index in [0.29, 0.717) is 17.5 Å². The van der Waals surface area contributed by atoms with E-state index >= 15 is 0 Å². The number of unbranched alkanes of at least 4 members (excludes halogenated alkanes) is 1. The van der Waals surface area contributed by atoms with Gasteiger partial charge in [0.05, 0.1) is 5.69 Å². The molecule has 2 aromatic rings. The molecule has 4 nitrogen and oxygen atoms in total. The molecule has 4 heteroatoms. The average Bonchev–Trinajstić information content (AvgIpc) is 2.84. The third-order valence-electron chi connectivity index (χ3n) is 6.96. The number of fused-ring (bicyclic) bond motifs is 1. The largest absolute Gasteiger partial charge is 0.353 e. The first-order chi connectivity index (χ1) is 15.7. The van der Waals surface area contributed by atoms with E-state index in [1.165, 1.54) is 49.1 Å². The molecule has 1 saturated carbocycles. The Hall–Kier alpha value is -2.62. The van der Waals surface area contributed by atoms with Crippen molar-refractivity contribution in [2.45, 2.75) is 83.7 Å². The summed E-state index contributed by atoms with van der Waals surface area (Å²) in [5, 5.41) is 3.03. The number of carbonyl (C=O) groups excluding carboxylic acids is 1. The molecular formula is C28H37N3O. The van der Waals surface area contributed by atoms with Crippen molar-refractivity contribution in [3.05, 3.63) is 65.2 Å². The number of aliphatic imine (C=N–C) groups is 1. The fraction of sp³-hybridized carbons (Fsp3) is 0.500. The summed E-state index contributed by atoms with van der Waals surface area (Å²) in [5.74, 6) is 1.60. The van der Waals surface area contributed by atoms with Gasteiger partial charge in [-0.3, -0.25) is 4.79 Å². The van der Waals surface area contributed by atoms with Crippen LogP contribution in [0.1, 0.15) is 92.6 Å². The first kappa shape index (κ1) is 22.6. The highest BCUT2D eigenvalue weighted by Crippen LogP contribution is 2.35. The molecule has 0 aromatic heterocycles. The monoisotopic (exact) mass is 431 g/mol. The summed E-state index contributed by atoms with van der Waals surface area (Å²) in [5.41, 5.74) is 4.27. The first-order valence-electron chi connectivity index (χ1n) is 12.5.